The fourth-order valence-corrected chi connectivity index (χ4v) is 7.26. The van der Waals surface area contributed by atoms with Crippen LogP contribution in [0.3, 0.4) is 0 Å². The number of carboxylic acids is 1. The van der Waals surface area contributed by atoms with Crippen LogP contribution in [0.4, 0.5) is 0 Å². The van der Waals surface area contributed by atoms with E-state index in [9.17, 15) is 48.3 Å². The topological polar surface area (TPSA) is 428 Å². The number of nitrogens with zero attached hydrogens (tertiary/aromatic N) is 3. The van der Waals surface area contributed by atoms with E-state index in [1.165, 1.54) is 26.4 Å². The summed E-state index contributed by atoms with van der Waals surface area (Å²) in [7, 11) is 0. The highest BCUT2D eigenvalue weighted by Crippen LogP contribution is 2.18. The smallest absolute Gasteiger partial charge is 0.303 e. The lowest BCUT2D eigenvalue weighted by molar-refractivity contribution is -0.138. The number of carbonyl (C=O) groups is 9. The second-order valence-electron chi connectivity index (χ2n) is 16.5. The number of aliphatic imine (C=N–C) groups is 2. The summed E-state index contributed by atoms with van der Waals surface area (Å²) in [5.74, 6) is -8.53. The van der Waals surface area contributed by atoms with Gasteiger partial charge in [0.1, 0.15) is 42.3 Å². The molecule has 18 N–H and O–H groups in total. The molecule has 1 aliphatic heterocycles. The Labute approximate surface area is 402 Å². The van der Waals surface area contributed by atoms with Gasteiger partial charge in [-0.05, 0) is 55.4 Å². The summed E-state index contributed by atoms with van der Waals surface area (Å²) in [5, 5.41) is 31.8. The molecule has 0 unspecified atom stereocenters. The molecular formula is C44H62N16O10. The van der Waals surface area contributed by atoms with Gasteiger partial charge in [0.15, 0.2) is 11.9 Å². The summed E-state index contributed by atoms with van der Waals surface area (Å²) in [4.78, 5) is 137. The second kappa shape index (κ2) is 26.9. The molecule has 2 heterocycles. The number of aromatic nitrogens is 2. The molecule has 1 fully saturated rings. The van der Waals surface area contributed by atoms with E-state index in [2.05, 4.69) is 62.5 Å². The van der Waals surface area contributed by atoms with E-state index < -0.39 is 115 Å². The molecule has 0 radical (unpaired) electrons. The third kappa shape index (κ3) is 18.1. The lowest BCUT2D eigenvalue weighted by Gasteiger charge is -2.29. The maximum atomic E-state index is 14.4. The molecule has 4 rings (SSSR count). The molecule has 8 amide bonds. The van der Waals surface area contributed by atoms with Crippen molar-refractivity contribution in [2.75, 3.05) is 19.6 Å². The quantitative estimate of drug-likeness (QED) is 0.0291. The average molecular weight is 975 g/mol. The van der Waals surface area contributed by atoms with Crippen LogP contribution in [0.15, 0.2) is 65.0 Å². The van der Waals surface area contributed by atoms with Gasteiger partial charge in [-0.3, -0.25) is 53.1 Å². The van der Waals surface area contributed by atoms with Gasteiger partial charge in [-0.25, -0.2) is 4.98 Å². The molecule has 0 saturated carbocycles. The van der Waals surface area contributed by atoms with Crippen molar-refractivity contribution in [3.8, 4) is 0 Å². The number of fused-ring (bicyclic) bond motifs is 1. The van der Waals surface area contributed by atoms with Gasteiger partial charge in [-0.2, -0.15) is 0 Å². The van der Waals surface area contributed by atoms with Crippen LogP contribution in [0.25, 0.3) is 10.8 Å². The molecule has 0 spiro atoms. The number of hydrogen-bond acceptors (Lipinski definition) is 12. The summed E-state index contributed by atoms with van der Waals surface area (Å²) >= 11 is 0. The molecule has 1 saturated heterocycles. The van der Waals surface area contributed by atoms with Gasteiger partial charge in [0.25, 0.3) is 0 Å². The van der Waals surface area contributed by atoms with Gasteiger partial charge in [0.2, 0.25) is 47.3 Å². The van der Waals surface area contributed by atoms with Crippen LogP contribution >= 0.6 is 0 Å². The first-order valence-corrected chi connectivity index (χ1v) is 22.4. The Bertz CT molecular complexity index is 2400. The number of imidazole rings is 1. The summed E-state index contributed by atoms with van der Waals surface area (Å²) in [6, 6.07) is 2.92. The first-order valence-electron chi connectivity index (χ1n) is 22.4. The fraction of sp³-hybridized carbons (Fsp3) is 0.455. The van der Waals surface area contributed by atoms with Crippen molar-refractivity contribution in [1.29, 1.82) is 0 Å². The molecule has 3 aromatic rings. The minimum absolute atomic E-state index is 0.0202. The van der Waals surface area contributed by atoms with Crippen molar-refractivity contribution >= 4 is 75.9 Å². The van der Waals surface area contributed by atoms with Crippen molar-refractivity contribution in [1.82, 2.24) is 52.5 Å². The first-order chi connectivity index (χ1) is 33.3. The number of aliphatic carboxylic acids is 1. The van der Waals surface area contributed by atoms with Gasteiger partial charge in [0, 0.05) is 57.7 Å². The van der Waals surface area contributed by atoms with Gasteiger partial charge in [-0.15, -0.1) is 0 Å². The van der Waals surface area contributed by atoms with Crippen molar-refractivity contribution in [2.24, 2.45) is 32.9 Å². The van der Waals surface area contributed by atoms with Gasteiger partial charge in [0.05, 0.1) is 6.33 Å². The third-order valence-electron chi connectivity index (χ3n) is 10.9. The highest BCUT2D eigenvalue weighted by molar-refractivity contribution is 5.98. The molecule has 26 nitrogen and oxygen atoms in total. The monoisotopic (exact) mass is 974 g/mol. The minimum atomic E-state index is -1.69. The predicted molar refractivity (Wildman–Crippen MR) is 255 cm³/mol. The van der Waals surface area contributed by atoms with E-state index in [0.717, 1.165) is 10.8 Å². The van der Waals surface area contributed by atoms with E-state index >= 15 is 0 Å². The largest absolute Gasteiger partial charge is 0.481 e. The fourth-order valence-electron chi connectivity index (χ4n) is 7.26. The Kier molecular flexibility index (Phi) is 20.8. The third-order valence-corrected chi connectivity index (χ3v) is 10.9. The predicted octanol–water partition coefficient (Wildman–Crippen LogP) is -4.12. The van der Waals surface area contributed by atoms with Crippen LogP contribution in [-0.4, -0.2) is 142 Å². The van der Waals surface area contributed by atoms with E-state index in [1.54, 1.807) is 6.07 Å². The molecule has 0 bridgehead atoms. The van der Waals surface area contributed by atoms with Crippen LogP contribution in [-0.2, 0) is 56.0 Å². The number of nitrogens with one attached hydrogen (secondary N) is 9. The van der Waals surface area contributed by atoms with Crippen LogP contribution in [0, 0.1) is 0 Å². The highest BCUT2D eigenvalue weighted by Gasteiger charge is 2.35. The van der Waals surface area contributed by atoms with Crippen LogP contribution in [0.1, 0.15) is 63.6 Å². The van der Waals surface area contributed by atoms with Gasteiger partial charge < -0.3 is 75.6 Å². The van der Waals surface area contributed by atoms with Crippen molar-refractivity contribution in [3.05, 3.63) is 66.2 Å². The number of nitrogens with two attached hydrogens (primary N) is 4. The Balaban J connectivity index is 1.73. The Morgan fingerprint density at radius 3 is 1.97 bits per heavy atom. The Morgan fingerprint density at radius 1 is 0.743 bits per heavy atom. The first kappa shape index (κ1) is 54.3. The molecule has 1 aromatic heterocycles. The van der Waals surface area contributed by atoms with Crippen LogP contribution in [0.5, 0.6) is 0 Å². The lowest BCUT2D eigenvalue weighted by Crippen LogP contribution is -2.63. The molecule has 0 aliphatic carbocycles. The lowest BCUT2D eigenvalue weighted by atomic mass is 9.99. The highest BCUT2D eigenvalue weighted by atomic mass is 16.4. The molecule has 2 aromatic carbocycles. The maximum absolute atomic E-state index is 14.4. The zero-order valence-corrected chi connectivity index (χ0v) is 38.8. The number of guanidine groups is 2. The average Bonchev–Trinajstić information content (AvgIpc) is 3.82. The van der Waals surface area contributed by atoms with Crippen molar-refractivity contribution in [3.63, 3.8) is 0 Å². The normalized spacial score (nSPS) is 19.9. The van der Waals surface area contributed by atoms with E-state index in [4.69, 9.17) is 22.9 Å². The number of H-pyrrole nitrogens is 1. The van der Waals surface area contributed by atoms with Gasteiger partial charge >= 0.3 is 5.97 Å². The summed E-state index contributed by atoms with van der Waals surface area (Å²) < 4.78 is 0. The number of hydrogen-bond donors (Lipinski definition) is 14. The zero-order chi connectivity index (χ0) is 51.3. The molecule has 7 atom stereocenters. The maximum Gasteiger partial charge on any atom is 0.303 e. The zero-order valence-electron chi connectivity index (χ0n) is 38.8. The Hall–Kier alpha value is -8.32. The molecule has 1 aliphatic rings. The summed E-state index contributed by atoms with van der Waals surface area (Å²) in [6.45, 7) is 1.97. The molecule has 70 heavy (non-hydrogen) atoms. The number of benzene rings is 2. The van der Waals surface area contributed by atoms with E-state index in [0.29, 0.717) is 11.3 Å². The number of aromatic amines is 1. The molecule has 26 heteroatoms. The van der Waals surface area contributed by atoms with Crippen LogP contribution < -0.4 is 65.5 Å². The minimum Gasteiger partial charge on any atom is -0.481 e. The SMILES string of the molecule is CC(=O)N[C@@H](CCCN=C(N)N)C(=O)N[C@@H](C)C(=O)N[C@@H]1CNC(=O)[C@H](CCC(=O)O)NC(=O)[C@H](Cc2cnc[nH]2)NC(=O)[C@H](Cc2ccc3ccccc3c2)NC(=O)[C@H](CCCN=C(N)N)NC1=O. The second-order valence-corrected chi connectivity index (χ2v) is 16.5. The number of amides is 8. The standard InChI is InChI=1S/C44H62N16O10/c1-23(54-38(66)29(55-24(2)61)9-5-15-50-43(45)46)36(64)60-34-21-52-37(65)31(13-14-35(62)63)57-41(69)33(19-28-20-49-22-53-28)59-40(68)32(18-25-11-12-26-7-3-4-8-27(26)17-25)58-39(67)30(56-42(34)70)10-6-16-51-44(47)48/h3-4,7-8,11-12,17,20,22-23,29-34H,5-6,9-10,13-16,18-19,21H2,1-2H3,(H,49,53)(H,52,65)(H,54,66)(H,55,61)(H,56,70)(H,57,69)(H,58,67)(H,59,68)(H,60,64)(H,62,63)(H4,45,46,50)(H4,47,48,51)/t23-,29-,30-,31-,32-,33-,34+/m0/s1. The Morgan fingerprint density at radius 2 is 1.34 bits per heavy atom. The van der Waals surface area contributed by atoms with E-state index in [1.807, 2.05) is 36.4 Å². The van der Waals surface area contributed by atoms with Crippen LogP contribution in [0.2, 0.25) is 0 Å². The van der Waals surface area contributed by atoms with Gasteiger partial charge in [-0.1, -0.05) is 42.5 Å². The molecular weight excluding hydrogens is 913 g/mol. The summed E-state index contributed by atoms with van der Waals surface area (Å²) in [5.41, 5.74) is 22.8. The number of carboxylic acid groups (broad SMARTS) is 1. The van der Waals surface area contributed by atoms with E-state index in [-0.39, 0.29) is 63.5 Å². The number of rotatable bonds is 20. The summed E-state index contributed by atoms with van der Waals surface area (Å²) in [6.07, 6.45) is 1.79. The van der Waals surface area contributed by atoms with Crippen molar-refractivity contribution in [2.45, 2.75) is 108 Å². The molecule has 378 valence electrons. The van der Waals surface area contributed by atoms with Crippen molar-refractivity contribution < 1.29 is 48.3 Å². The number of carbonyl (C=O) groups excluding carboxylic acids is 8.